The monoisotopic (exact) mass is 226 g/mol. The van der Waals surface area contributed by atoms with Crippen LogP contribution in [0.2, 0.25) is 0 Å². The van der Waals surface area contributed by atoms with Crippen LogP contribution in [0, 0.1) is 5.41 Å². The summed E-state index contributed by atoms with van der Waals surface area (Å²) in [6.07, 6.45) is 5.97. The second-order valence-corrected chi connectivity index (χ2v) is 5.88. The highest BCUT2D eigenvalue weighted by atomic mass is 16.1. The lowest BCUT2D eigenvalue weighted by Crippen LogP contribution is -2.41. The summed E-state index contributed by atoms with van der Waals surface area (Å²) in [5.41, 5.74) is 6.22. The highest BCUT2D eigenvalue weighted by Gasteiger charge is 2.27. The molecule has 0 aliphatic heterocycles. The summed E-state index contributed by atoms with van der Waals surface area (Å²) in [6.45, 7) is 6.62. The van der Waals surface area contributed by atoms with Crippen LogP contribution in [0.25, 0.3) is 0 Å². The van der Waals surface area contributed by atoms with Gasteiger partial charge in [-0.05, 0) is 37.5 Å². The van der Waals surface area contributed by atoms with Crippen LogP contribution in [0.4, 0.5) is 0 Å². The molecule has 1 aliphatic rings. The molecule has 3 nitrogen and oxygen atoms in total. The van der Waals surface area contributed by atoms with E-state index < -0.39 is 0 Å². The number of hydrogen-bond donors (Lipinski definition) is 2. The third-order valence-corrected chi connectivity index (χ3v) is 3.68. The van der Waals surface area contributed by atoms with Crippen molar-refractivity contribution in [1.29, 1.82) is 0 Å². The Bertz CT molecular complexity index is 228. The smallest absolute Gasteiger partial charge is 0.221 e. The average Bonchev–Trinajstić information content (AvgIpc) is 2.21. The maximum absolute atomic E-state index is 11.7. The first-order chi connectivity index (χ1) is 7.43. The highest BCUT2D eigenvalue weighted by Crippen LogP contribution is 2.34. The number of amides is 1. The lowest BCUT2D eigenvalue weighted by Gasteiger charge is -2.34. The van der Waals surface area contributed by atoms with E-state index in [4.69, 9.17) is 5.73 Å². The second-order valence-electron chi connectivity index (χ2n) is 5.88. The Morgan fingerprint density at radius 1 is 1.44 bits per heavy atom. The maximum atomic E-state index is 11.7. The van der Waals surface area contributed by atoms with Crippen LogP contribution in [0.5, 0.6) is 0 Å². The first kappa shape index (κ1) is 13.5. The van der Waals surface area contributed by atoms with Gasteiger partial charge < -0.3 is 11.1 Å². The van der Waals surface area contributed by atoms with Crippen molar-refractivity contribution in [2.45, 2.75) is 71.4 Å². The van der Waals surface area contributed by atoms with Gasteiger partial charge >= 0.3 is 0 Å². The molecule has 0 heterocycles. The quantitative estimate of drug-likeness (QED) is 0.772. The van der Waals surface area contributed by atoms with Crippen molar-refractivity contribution in [3.05, 3.63) is 0 Å². The number of hydrogen-bond acceptors (Lipinski definition) is 2. The molecule has 1 rings (SSSR count). The van der Waals surface area contributed by atoms with Crippen molar-refractivity contribution >= 4 is 5.91 Å². The Labute approximate surface area is 99.2 Å². The molecule has 94 valence electrons. The summed E-state index contributed by atoms with van der Waals surface area (Å²) in [6, 6.07) is 0.393. The van der Waals surface area contributed by atoms with Gasteiger partial charge in [-0.25, -0.2) is 0 Å². The normalized spacial score (nSPS) is 22.8. The standard InChI is InChI=1S/C13H26N2O/c1-4-10(14)9-12(16)15-11-5-7-13(2,3)8-6-11/h10-11H,4-9,14H2,1-3H3,(H,15,16). The fourth-order valence-corrected chi connectivity index (χ4v) is 2.21. The second kappa shape index (κ2) is 5.67. The Balaban J connectivity index is 2.26. The predicted octanol–water partition coefficient (Wildman–Crippen LogP) is 2.20. The van der Waals surface area contributed by atoms with E-state index in [1.807, 2.05) is 6.92 Å². The van der Waals surface area contributed by atoms with Gasteiger partial charge in [0.25, 0.3) is 0 Å². The van der Waals surface area contributed by atoms with Gasteiger partial charge in [-0.1, -0.05) is 20.8 Å². The summed E-state index contributed by atoms with van der Waals surface area (Å²) in [4.78, 5) is 11.7. The average molecular weight is 226 g/mol. The minimum absolute atomic E-state index is 0.0139. The summed E-state index contributed by atoms with van der Waals surface area (Å²) in [5.74, 6) is 0.124. The molecule has 3 heteroatoms. The van der Waals surface area contributed by atoms with E-state index in [1.165, 1.54) is 12.8 Å². The molecule has 1 unspecified atom stereocenters. The molecular weight excluding hydrogens is 200 g/mol. The Morgan fingerprint density at radius 3 is 2.50 bits per heavy atom. The number of carbonyl (C=O) groups excluding carboxylic acids is 1. The fraction of sp³-hybridized carbons (Fsp3) is 0.923. The molecular formula is C13H26N2O. The van der Waals surface area contributed by atoms with Gasteiger partial charge in [-0.2, -0.15) is 0 Å². The van der Waals surface area contributed by atoms with E-state index in [-0.39, 0.29) is 11.9 Å². The summed E-state index contributed by atoms with van der Waals surface area (Å²) in [7, 11) is 0. The molecule has 0 aromatic carbocycles. The molecule has 0 bridgehead atoms. The molecule has 16 heavy (non-hydrogen) atoms. The molecule has 0 saturated heterocycles. The van der Waals surface area contributed by atoms with Gasteiger partial charge in [0.15, 0.2) is 0 Å². The van der Waals surface area contributed by atoms with E-state index in [9.17, 15) is 4.79 Å². The van der Waals surface area contributed by atoms with Crippen LogP contribution in [-0.2, 0) is 4.79 Å². The SMILES string of the molecule is CCC(N)CC(=O)NC1CCC(C)(C)CC1. The van der Waals surface area contributed by atoms with Crippen molar-refractivity contribution in [2.24, 2.45) is 11.1 Å². The van der Waals surface area contributed by atoms with E-state index in [0.717, 1.165) is 19.3 Å². The summed E-state index contributed by atoms with van der Waals surface area (Å²) in [5, 5.41) is 3.10. The van der Waals surface area contributed by atoms with E-state index in [1.54, 1.807) is 0 Å². The van der Waals surface area contributed by atoms with E-state index >= 15 is 0 Å². The molecule has 0 radical (unpaired) electrons. The van der Waals surface area contributed by atoms with Crippen molar-refractivity contribution in [3.63, 3.8) is 0 Å². The van der Waals surface area contributed by atoms with Crippen molar-refractivity contribution in [3.8, 4) is 0 Å². The Morgan fingerprint density at radius 2 is 2.00 bits per heavy atom. The van der Waals surface area contributed by atoms with Gasteiger partial charge in [0.1, 0.15) is 0 Å². The zero-order chi connectivity index (χ0) is 12.2. The molecule has 0 spiro atoms. The molecule has 1 aliphatic carbocycles. The minimum atomic E-state index is 0.0139. The first-order valence-electron chi connectivity index (χ1n) is 6.48. The van der Waals surface area contributed by atoms with Gasteiger partial charge in [0.05, 0.1) is 0 Å². The van der Waals surface area contributed by atoms with Crippen LogP contribution < -0.4 is 11.1 Å². The number of nitrogens with one attached hydrogen (secondary N) is 1. The molecule has 1 saturated carbocycles. The molecule has 1 atom stereocenters. The largest absolute Gasteiger partial charge is 0.353 e. The number of nitrogens with two attached hydrogens (primary N) is 1. The van der Waals surface area contributed by atoms with Crippen LogP contribution >= 0.6 is 0 Å². The van der Waals surface area contributed by atoms with Crippen molar-refractivity contribution < 1.29 is 4.79 Å². The first-order valence-corrected chi connectivity index (χ1v) is 6.48. The molecule has 1 amide bonds. The third-order valence-electron chi connectivity index (χ3n) is 3.68. The highest BCUT2D eigenvalue weighted by molar-refractivity contribution is 5.76. The number of carbonyl (C=O) groups is 1. The lowest BCUT2D eigenvalue weighted by molar-refractivity contribution is -0.122. The maximum Gasteiger partial charge on any atom is 0.221 e. The van der Waals surface area contributed by atoms with Crippen LogP contribution in [0.15, 0.2) is 0 Å². The summed E-state index contributed by atoms with van der Waals surface area (Å²) < 4.78 is 0. The van der Waals surface area contributed by atoms with Crippen LogP contribution in [0.1, 0.15) is 59.3 Å². The molecule has 0 aromatic heterocycles. The predicted molar refractivity (Wildman–Crippen MR) is 67.1 cm³/mol. The zero-order valence-electron chi connectivity index (χ0n) is 10.9. The number of rotatable bonds is 4. The van der Waals surface area contributed by atoms with Crippen LogP contribution in [-0.4, -0.2) is 18.0 Å². The Kier molecular flexibility index (Phi) is 4.78. The molecule has 0 aromatic rings. The van der Waals surface area contributed by atoms with Crippen molar-refractivity contribution in [2.75, 3.05) is 0 Å². The Hall–Kier alpha value is -0.570. The topological polar surface area (TPSA) is 55.1 Å². The lowest BCUT2D eigenvalue weighted by atomic mass is 9.75. The van der Waals surface area contributed by atoms with Gasteiger partial charge in [0, 0.05) is 18.5 Å². The van der Waals surface area contributed by atoms with Gasteiger partial charge in [-0.15, -0.1) is 0 Å². The third kappa shape index (κ3) is 4.52. The van der Waals surface area contributed by atoms with Crippen molar-refractivity contribution in [1.82, 2.24) is 5.32 Å². The van der Waals surface area contributed by atoms with E-state index in [2.05, 4.69) is 19.2 Å². The summed E-state index contributed by atoms with van der Waals surface area (Å²) >= 11 is 0. The van der Waals surface area contributed by atoms with Crippen LogP contribution in [0.3, 0.4) is 0 Å². The fourth-order valence-electron chi connectivity index (χ4n) is 2.21. The van der Waals surface area contributed by atoms with E-state index in [0.29, 0.717) is 17.9 Å². The minimum Gasteiger partial charge on any atom is -0.353 e. The zero-order valence-corrected chi connectivity index (χ0v) is 10.9. The molecule has 1 fully saturated rings. The molecule has 3 N–H and O–H groups in total. The van der Waals surface area contributed by atoms with Gasteiger partial charge in [-0.3, -0.25) is 4.79 Å². The van der Waals surface area contributed by atoms with Gasteiger partial charge in [0.2, 0.25) is 5.91 Å².